The molecule has 0 aromatic heterocycles. The van der Waals surface area contributed by atoms with Gasteiger partial charge in [-0.15, -0.1) is 0 Å². The van der Waals surface area contributed by atoms with Crippen molar-refractivity contribution < 1.29 is 19.1 Å². The monoisotopic (exact) mass is 398 g/mol. The van der Waals surface area contributed by atoms with Crippen LogP contribution in [-0.4, -0.2) is 31.0 Å². The molecule has 0 saturated heterocycles. The number of carbonyl (C=O) groups excluding carboxylic acids is 3. The molecule has 0 aliphatic rings. The van der Waals surface area contributed by atoms with Crippen LogP contribution < -0.4 is 26.2 Å². The third-order valence-electron chi connectivity index (χ3n) is 3.84. The third-order valence-corrected chi connectivity index (χ3v) is 3.84. The summed E-state index contributed by atoms with van der Waals surface area (Å²) in [5.41, 5.74) is 5.53. The van der Waals surface area contributed by atoms with Crippen LogP contribution in [0.1, 0.15) is 30.6 Å². The van der Waals surface area contributed by atoms with Crippen molar-refractivity contribution in [2.24, 2.45) is 5.92 Å². The van der Waals surface area contributed by atoms with Gasteiger partial charge in [0.1, 0.15) is 12.3 Å². The van der Waals surface area contributed by atoms with Gasteiger partial charge >= 0.3 is 6.03 Å². The molecule has 0 atom stereocenters. The third kappa shape index (κ3) is 8.34. The molecule has 29 heavy (non-hydrogen) atoms. The van der Waals surface area contributed by atoms with Crippen molar-refractivity contribution in [3.8, 4) is 5.75 Å². The predicted molar refractivity (Wildman–Crippen MR) is 110 cm³/mol. The molecule has 8 nitrogen and oxygen atoms in total. The van der Waals surface area contributed by atoms with Gasteiger partial charge in [-0.1, -0.05) is 32.0 Å². The number of amides is 4. The lowest BCUT2D eigenvalue weighted by Gasteiger charge is -2.10. The SMILES string of the molecule is CC(C)CCOc1ccc(C(=O)NNC(=O)CNC(=O)Nc2ccccc2)cc1. The molecule has 0 fully saturated rings. The van der Waals surface area contributed by atoms with Crippen LogP contribution in [0.5, 0.6) is 5.75 Å². The summed E-state index contributed by atoms with van der Waals surface area (Å²) in [5.74, 6) is 0.207. The average molecular weight is 398 g/mol. The Balaban J connectivity index is 1.68. The van der Waals surface area contributed by atoms with Crippen LogP contribution in [-0.2, 0) is 4.79 Å². The Morgan fingerprint density at radius 2 is 1.62 bits per heavy atom. The zero-order valence-corrected chi connectivity index (χ0v) is 16.5. The lowest BCUT2D eigenvalue weighted by atomic mass is 10.1. The summed E-state index contributed by atoms with van der Waals surface area (Å²) in [5, 5.41) is 4.98. The number of hydrazine groups is 1. The first-order chi connectivity index (χ1) is 13.9. The number of urea groups is 1. The Hall–Kier alpha value is -3.55. The van der Waals surface area contributed by atoms with Crippen molar-refractivity contribution in [1.82, 2.24) is 16.2 Å². The van der Waals surface area contributed by atoms with E-state index < -0.39 is 17.8 Å². The van der Waals surface area contributed by atoms with Crippen LogP contribution in [0, 0.1) is 5.92 Å². The highest BCUT2D eigenvalue weighted by atomic mass is 16.5. The molecule has 0 bridgehead atoms. The summed E-state index contributed by atoms with van der Waals surface area (Å²) in [6.45, 7) is 4.57. The van der Waals surface area contributed by atoms with E-state index in [1.54, 1.807) is 48.5 Å². The second-order valence-corrected chi connectivity index (χ2v) is 6.73. The van der Waals surface area contributed by atoms with Gasteiger partial charge in [0.25, 0.3) is 11.8 Å². The highest BCUT2D eigenvalue weighted by molar-refractivity contribution is 5.96. The van der Waals surface area contributed by atoms with Crippen molar-refractivity contribution in [1.29, 1.82) is 0 Å². The highest BCUT2D eigenvalue weighted by Gasteiger charge is 2.09. The second-order valence-electron chi connectivity index (χ2n) is 6.73. The van der Waals surface area contributed by atoms with Gasteiger partial charge in [0, 0.05) is 11.3 Å². The molecule has 0 unspecified atom stereocenters. The van der Waals surface area contributed by atoms with Gasteiger partial charge in [-0.25, -0.2) is 4.79 Å². The van der Waals surface area contributed by atoms with Crippen molar-refractivity contribution in [2.45, 2.75) is 20.3 Å². The first-order valence-corrected chi connectivity index (χ1v) is 9.36. The Morgan fingerprint density at radius 1 is 0.931 bits per heavy atom. The molecule has 0 aliphatic carbocycles. The Bertz CT molecular complexity index is 807. The summed E-state index contributed by atoms with van der Waals surface area (Å²) < 4.78 is 5.60. The van der Waals surface area contributed by atoms with E-state index in [9.17, 15) is 14.4 Å². The van der Waals surface area contributed by atoms with Gasteiger partial charge in [-0.2, -0.15) is 0 Å². The van der Waals surface area contributed by atoms with E-state index in [0.717, 1.165) is 6.42 Å². The summed E-state index contributed by atoms with van der Waals surface area (Å²) in [6.07, 6.45) is 0.950. The van der Waals surface area contributed by atoms with Crippen LogP contribution in [0.25, 0.3) is 0 Å². The maximum atomic E-state index is 12.1. The van der Waals surface area contributed by atoms with Crippen molar-refractivity contribution in [3.05, 3.63) is 60.2 Å². The molecular formula is C21H26N4O4. The number of para-hydroxylation sites is 1. The number of nitrogens with one attached hydrogen (secondary N) is 4. The van der Waals surface area contributed by atoms with Gasteiger partial charge in [0.2, 0.25) is 0 Å². The summed E-state index contributed by atoms with van der Waals surface area (Å²) >= 11 is 0. The molecule has 4 N–H and O–H groups in total. The molecule has 8 heteroatoms. The molecular weight excluding hydrogens is 372 g/mol. The molecule has 2 aromatic rings. The smallest absolute Gasteiger partial charge is 0.319 e. The van der Waals surface area contributed by atoms with Gasteiger partial charge in [-0.05, 0) is 48.7 Å². The summed E-state index contributed by atoms with van der Waals surface area (Å²) in [6, 6.07) is 14.9. The maximum absolute atomic E-state index is 12.1. The van der Waals surface area contributed by atoms with E-state index in [4.69, 9.17) is 4.74 Å². The fourth-order valence-electron chi connectivity index (χ4n) is 2.22. The number of hydrogen-bond acceptors (Lipinski definition) is 4. The molecule has 0 saturated carbocycles. The van der Waals surface area contributed by atoms with Crippen molar-refractivity contribution in [2.75, 3.05) is 18.5 Å². The zero-order valence-electron chi connectivity index (χ0n) is 16.5. The van der Waals surface area contributed by atoms with E-state index in [-0.39, 0.29) is 6.54 Å². The summed E-state index contributed by atoms with van der Waals surface area (Å²) in [4.78, 5) is 35.6. The van der Waals surface area contributed by atoms with E-state index in [1.165, 1.54) is 0 Å². The molecule has 2 rings (SSSR count). The number of hydrogen-bond donors (Lipinski definition) is 4. The minimum absolute atomic E-state index is 0.290. The number of carbonyl (C=O) groups is 3. The average Bonchev–Trinajstić information content (AvgIpc) is 2.71. The van der Waals surface area contributed by atoms with E-state index in [0.29, 0.717) is 29.5 Å². The largest absolute Gasteiger partial charge is 0.494 e. The molecule has 4 amide bonds. The zero-order chi connectivity index (χ0) is 21.1. The molecule has 0 spiro atoms. The van der Waals surface area contributed by atoms with Crippen molar-refractivity contribution in [3.63, 3.8) is 0 Å². The van der Waals surface area contributed by atoms with E-state index >= 15 is 0 Å². The summed E-state index contributed by atoms with van der Waals surface area (Å²) in [7, 11) is 0. The minimum Gasteiger partial charge on any atom is -0.494 e. The molecule has 0 radical (unpaired) electrons. The first-order valence-electron chi connectivity index (χ1n) is 9.36. The van der Waals surface area contributed by atoms with Crippen molar-refractivity contribution >= 4 is 23.5 Å². The standard InChI is InChI=1S/C21H26N4O4/c1-15(2)12-13-29-18-10-8-16(9-11-18)20(27)25-24-19(26)14-22-21(28)23-17-6-4-3-5-7-17/h3-11,15H,12-14H2,1-2H3,(H,24,26)(H,25,27)(H2,22,23,28). The number of benzene rings is 2. The van der Waals surface area contributed by atoms with E-state index in [1.807, 2.05) is 6.07 Å². The molecule has 0 aliphatic heterocycles. The Morgan fingerprint density at radius 3 is 2.28 bits per heavy atom. The predicted octanol–water partition coefficient (Wildman–Crippen LogP) is 2.69. The van der Waals surface area contributed by atoms with Gasteiger partial charge in [0.15, 0.2) is 0 Å². The topological polar surface area (TPSA) is 109 Å². The minimum atomic E-state index is -0.560. The van der Waals surface area contributed by atoms with Gasteiger partial charge in [0.05, 0.1) is 6.61 Å². The van der Waals surface area contributed by atoms with Gasteiger partial charge < -0.3 is 15.4 Å². The van der Waals surface area contributed by atoms with Crippen LogP contribution in [0.3, 0.4) is 0 Å². The quantitative estimate of drug-likeness (QED) is 0.513. The number of ether oxygens (including phenoxy) is 1. The Labute approximate surface area is 170 Å². The highest BCUT2D eigenvalue weighted by Crippen LogP contribution is 2.13. The lowest BCUT2D eigenvalue weighted by Crippen LogP contribution is -2.46. The van der Waals surface area contributed by atoms with E-state index in [2.05, 4.69) is 35.3 Å². The Kier molecular flexibility index (Phi) is 8.50. The van der Waals surface area contributed by atoms with Crippen LogP contribution in [0.4, 0.5) is 10.5 Å². The first kappa shape index (κ1) is 21.7. The number of rotatable bonds is 8. The maximum Gasteiger partial charge on any atom is 0.319 e. The van der Waals surface area contributed by atoms with Crippen LogP contribution in [0.2, 0.25) is 0 Å². The molecule has 0 heterocycles. The normalized spacial score (nSPS) is 10.2. The van der Waals surface area contributed by atoms with Gasteiger partial charge in [-0.3, -0.25) is 20.4 Å². The fourth-order valence-corrected chi connectivity index (χ4v) is 2.22. The van der Waals surface area contributed by atoms with Crippen LogP contribution >= 0.6 is 0 Å². The fraction of sp³-hybridized carbons (Fsp3) is 0.286. The lowest BCUT2D eigenvalue weighted by molar-refractivity contribution is -0.120. The molecule has 2 aromatic carbocycles. The van der Waals surface area contributed by atoms with Crippen LogP contribution in [0.15, 0.2) is 54.6 Å². The molecule has 154 valence electrons. The number of anilines is 1. The second kappa shape index (κ2) is 11.3.